The fourth-order valence-corrected chi connectivity index (χ4v) is 2.05. The van der Waals surface area contributed by atoms with Crippen LogP contribution in [0.1, 0.15) is 58.1 Å². The van der Waals surface area contributed by atoms with Gasteiger partial charge in [0.15, 0.2) is 0 Å². The Hall–Kier alpha value is -1.19. The molecule has 0 atom stereocenters. The molecule has 104 valence electrons. The van der Waals surface area contributed by atoms with Gasteiger partial charge in [0.1, 0.15) is 5.69 Å². The van der Waals surface area contributed by atoms with Crippen LogP contribution in [-0.2, 0) is 13.5 Å². The molecular weight excluding hydrogens is 226 g/mol. The van der Waals surface area contributed by atoms with E-state index in [1.165, 1.54) is 25.7 Å². The van der Waals surface area contributed by atoms with Crippen LogP contribution in [0.3, 0.4) is 0 Å². The maximum atomic E-state index is 6.04. The number of nitrogen functional groups attached to an aromatic ring is 1. The number of rotatable bonds is 9. The van der Waals surface area contributed by atoms with Crippen LogP contribution >= 0.6 is 0 Å². The number of aromatic nitrogens is 2. The largest absolute Gasteiger partial charge is 0.476 e. The van der Waals surface area contributed by atoms with Gasteiger partial charge in [-0.3, -0.25) is 0 Å². The molecule has 1 aromatic heterocycles. The number of hydrogen-bond donors (Lipinski definition) is 1. The van der Waals surface area contributed by atoms with E-state index in [2.05, 4.69) is 18.9 Å². The minimum Gasteiger partial charge on any atom is -0.476 e. The van der Waals surface area contributed by atoms with Crippen molar-refractivity contribution in [1.82, 2.24) is 9.78 Å². The quantitative estimate of drug-likeness (QED) is 0.687. The summed E-state index contributed by atoms with van der Waals surface area (Å²) in [5.41, 5.74) is 7.72. The Morgan fingerprint density at radius 1 is 1.11 bits per heavy atom. The third-order valence-corrected chi connectivity index (χ3v) is 3.08. The molecule has 1 aromatic rings. The second-order valence-electron chi connectivity index (χ2n) is 4.80. The Morgan fingerprint density at radius 2 is 1.83 bits per heavy atom. The predicted octanol–water partition coefficient (Wildman–Crippen LogP) is 3.30. The molecule has 1 rings (SSSR count). The molecule has 0 aliphatic rings. The van der Waals surface area contributed by atoms with Crippen molar-refractivity contribution in [2.45, 2.75) is 58.8 Å². The molecule has 0 unspecified atom stereocenters. The van der Waals surface area contributed by atoms with Crippen LogP contribution in [0.25, 0.3) is 0 Å². The first-order valence-electron chi connectivity index (χ1n) is 7.14. The lowest BCUT2D eigenvalue weighted by Gasteiger charge is -2.06. The highest BCUT2D eigenvalue weighted by Gasteiger charge is 2.13. The summed E-state index contributed by atoms with van der Waals surface area (Å²) in [5, 5.41) is 4.39. The van der Waals surface area contributed by atoms with Crippen LogP contribution in [0.4, 0.5) is 5.69 Å². The average Bonchev–Trinajstić information content (AvgIpc) is 2.61. The molecule has 2 N–H and O–H groups in total. The van der Waals surface area contributed by atoms with E-state index in [1.807, 2.05) is 7.05 Å². The summed E-state index contributed by atoms with van der Waals surface area (Å²) in [6, 6.07) is 0. The second-order valence-corrected chi connectivity index (χ2v) is 4.80. The molecule has 0 saturated heterocycles. The lowest BCUT2D eigenvalue weighted by Crippen LogP contribution is -2.04. The van der Waals surface area contributed by atoms with Crippen molar-refractivity contribution in [3.63, 3.8) is 0 Å². The topological polar surface area (TPSA) is 53.1 Å². The molecule has 0 spiro atoms. The number of nitrogens with two attached hydrogens (primary N) is 1. The number of anilines is 1. The highest BCUT2D eigenvalue weighted by molar-refractivity contribution is 5.53. The zero-order valence-corrected chi connectivity index (χ0v) is 12.0. The normalized spacial score (nSPS) is 10.8. The Labute approximate surface area is 111 Å². The van der Waals surface area contributed by atoms with Crippen molar-refractivity contribution in [3.05, 3.63) is 5.69 Å². The first-order valence-corrected chi connectivity index (χ1v) is 7.14. The maximum absolute atomic E-state index is 6.04. The highest BCUT2D eigenvalue weighted by Crippen LogP contribution is 2.25. The Balaban J connectivity index is 2.37. The summed E-state index contributed by atoms with van der Waals surface area (Å²) in [4.78, 5) is 0. The number of nitrogens with zero attached hydrogens (tertiary/aromatic N) is 2. The minimum absolute atomic E-state index is 0.716. The lowest BCUT2D eigenvalue weighted by molar-refractivity contribution is 0.281. The van der Waals surface area contributed by atoms with Crippen LogP contribution in [0.15, 0.2) is 0 Å². The summed E-state index contributed by atoms with van der Waals surface area (Å²) in [5.74, 6) is 0.731. The molecule has 4 nitrogen and oxygen atoms in total. The van der Waals surface area contributed by atoms with Crippen molar-refractivity contribution in [3.8, 4) is 5.88 Å². The van der Waals surface area contributed by atoms with E-state index >= 15 is 0 Å². The molecule has 0 fully saturated rings. The van der Waals surface area contributed by atoms with Gasteiger partial charge in [-0.1, -0.05) is 46.0 Å². The fourth-order valence-electron chi connectivity index (χ4n) is 2.05. The van der Waals surface area contributed by atoms with Gasteiger partial charge in [-0.05, 0) is 12.8 Å². The SMILES string of the molecule is CCCCCCCOc1c(N)c(CCC)nn1C. The number of unbranched alkanes of at least 4 members (excludes halogenated alkanes) is 4. The van der Waals surface area contributed by atoms with Crippen molar-refractivity contribution < 1.29 is 4.74 Å². The van der Waals surface area contributed by atoms with Crippen LogP contribution in [0.5, 0.6) is 5.88 Å². The first-order chi connectivity index (χ1) is 8.70. The van der Waals surface area contributed by atoms with Gasteiger partial charge in [0, 0.05) is 7.05 Å². The van der Waals surface area contributed by atoms with Crippen molar-refractivity contribution >= 4 is 5.69 Å². The number of hydrogen-bond acceptors (Lipinski definition) is 3. The second kappa shape index (κ2) is 8.01. The van der Waals surface area contributed by atoms with Crippen LogP contribution in [-0.4, -0.2) is 16.4 Å². The lowest BCUT2D eigenvalue weighted by atomic mass is 10.2. The molecule has 18 heavy (non-hydrogen) atoms. The van der Waals surface area contributed by atoms with Crippen molar-refractivity contribution in [2.75, 3.05) is 12.3 Å². The third-order valence-electron chi connectivity index (χ3n) is 3.08. The van der Waals surface area contributed by atoms with E-state index < -0.39 is 0 Å². The molecule has 0 saturated carbocycles. The van der Waals surface area contributed by atoms with E-state index in [0.29, 0.717) is 5.69 Å². The molecule has 0 amide bonds. The van der Waals surface area contributed by atoms with Crippen LogP contribution in [0.2, 0.25) is 0 Å². The monoisotopic (exact) mass is 253 g/mol. The van der Waals surface area contributed by atoms with Crippen LogP contribution in [0, 0.1) is 0 Å². The molecule has 0 radical (unpaired) electrons. The molecule has 0 bridgehead atoms. The highest BCUT2D eigenvalue weighted by atomic mass is 16.5. The van der Waals surface area contributed by atoms with Gasteiger partial charge in [0.25, 0.3) is 0 Å². The van der Waals surface area contributed by atoms with Crippen LogP contribution < -0.4 is 10.5 Å². The number of aryl methyl sites for hydroxylation is 2. The summed E-state index contributed by atoms with van der Waals surface area (Å²) in [7, 11) is 1.89. The minimum atomic E-state index is 0.716. The van der Waals surface area contributed by atoms with E-state index in [1.54, 1.807) is 4.68 Å². The standard InChI is InChI=1S/C14H27N3O/c1-4-6-7-8-9-11-18-14-13(15)12(10-5-2)16-17(14)3/h4-11,15H2,1-3H3. The smallest absolute Gasteiger partial charge is 0.235 e. The van der Waals surface area contributed by atoms with Crippen molar-refractivity contribution in [1.29, 1.82) is 0 Å². The molecule has 0 aliphatic heterocycles. The Bertz CT molecular complexity index is 347. The summed E-state index contributed by atoms with van der Waals surface area (Å²) >= 11 is 0. The zero-order chi connectivity index (χ0) is 13.4. The molecule has 0 aliphatic carbocycles. The molecule has 4 heteroatoms. The molecule has 1 heterocycles. The van der Waals surface area contributed by atoms with Gasteiger partial charge in [-0.25, -0.2) is 4.68 Å². The van der Waals surface area contributed by atoms with Gasteiger partial charge in [-0.2, -0.15) is 5.10 Å². The van der Waals surface area contributed by atoms with Crippen molar-refractivity contribution in [2.24, 2.45) is 7.05 Å². The van der Waals surface area contributed by atoms with Gasteiger partial charge in [0.2, 0.25) is 5.88 Å². The van der Waals surface area contributed by atoms with Gasteiger partial charge >= 0.3 is 0 Å². The zero-order valence-electron chi connectivity index (χ0n) is 12.0. The molecule has 0 aromatic carbocycles. The van der Waals surface area contributed by atoms with E-state index in [-0.39, 0.29) is 0 Å². The molecular formula is C14H27N3O. The van der Waals surface area contributed by atoms with E-state index in [9.17, 15) is 0 Å². The third kappa shape index (κ3) is 4.24. The Morgan fingerprint density at radius 3 is 2.50 bits per heavy atom. The van der Waals surface area contributed by atoms with Gasteiger partial charge < -0.3 is 10.5 Å². The summed E-state index contributed by atoms with van der Waals surface area (Å²) in [6.45, 7) is 5.09. The van der Waals surface area contributed by atoms with Gasteiger partial charge in [0.05, 0.1) is 12.3 Å². The van der Waals surface area contributed by atoms with E-state index in [0.717, 1.165) is 37.4 Å². The van der Waals surface area contributed by atoms with Gasteiger partial charge in [-0.15, -0.1) is 0 Å². The van der Waals surface area contributed by atoms with E-state index in [4.69, 9.17) is 10.5 Å². The summed E-state index contributed by atoms with van der Waals surface area (Å²) in [6.07, 6.45) is 8.17. The number of ether oxygens (including phenoxy) is 1. The first kappa shape index (κ1) is 14.9. The average molecular weight is 253 g/mol. The maximum Gasteiger partial charge on any atom is 0.235 e. The summed E-state index contributed by atoms with van der Waals surface area (Å²) < 4.78 is 7.51. The fraction of sp³-hybridized carbons (Fsp3) is 0.786. The predicted molar refractivity (Wildman–Crippen MR) is 75.9 cm³/mol. The Kier molecular flexibility index (Phi) is 6.61.